The van der Waals surface area contributed by atoms with E-state index < -0.39 is 5.97 Å². The fraction of sp³-hybridized carbons (Fsp3) is 0.389. The molecule has 0 bridgehead atoms. The Morgan fingerprint density at radius 1 is 0.667 bits per heavy atom. The van der Waals surface area contributed by atoms with Crippen LogP contribution >= 0.6 is 0 Å². The van der Waals surface area contributed by atoms with Crippen molar-refractivity contribution in [1.82, 2.24) is 0 Å². The molecule has 0 radical (unpaired) electrons. The van der Waals surface area contributed by atoms with Crippen molar-refractivity contribution < 1.29 is 28.5 Å². The lowest BCUT2D eigenvalue weighted by Gasteiger charge is -2.13. The zero-order valence-electron chi connectivity index (χ0n) is 25.0. The third-order valence-corrected chi connectivity index (χ3v) is 6.86. The van der Waals surface area contributed by atoms with Crippen molar-refractivity contribution in [2.24, 2.45) is 5.92 Å². The first kappa shape index (κ1) is 32.5. The van der Waals surface area contributed by atoms with Gasteiger partial charge in [0.25, 0.3) is 0 Å². The third kappa shape index (κ3) is 12.2. The molecular formula is C36H44O6. The second-order valence-electron chi connectivity index (χ2n) is 10.1. The van der Waals surface area contributed by atoms with Crippen LogP contribution in [0.25, 0.3) is 17.2 Å². The number of ether oxygens (including phenoxy) is 4. The van der Waals surface area contributed by atoms with E-state index in [-0.39, 0.29) is 25.1 Å². The molecule has 3 aromatic rings. The summed E-state index contributed by atoms with van der Waals surface area (Å²) in [5.74, 6) is 1.18. The molecule has 6 heteroatoms. The van der Waals surface area contributed by atoms with Gasteiger partial charge in [0.1, 0.15) is 24.7 Å². The molecule has 0 amide bonds. The third-order valence-electron chi connectivity index (χ3n) is 6.86. The molecule has 3 rings (SSSR count). The number of carbonyl (C=O) groups is 2. The largest absolute Gasteiger partial charge is 0.494 e. The maximum absolute atomic E-state index is 12.0. The van der Waals surface area contributed by atoms with E-state index in [4.69, 9.17) is 18.9 Å². The number of benzene rings is 3. The second-order valence-corrected chi connectivity index (χ2v) is 10.1. The lowest BCUT2D eigenvalue weighted by molar-refractivity contribution is -0.149. The molecule has 0 aromatic heterocycles. The Hall–Kier alpha value is -4.06. The van der Waals surface area contributed by atoms with Crippen molar-refractivity contribution in [1.29, 1.82) is 0 Å². The molecule has 0 aliphatic rings. The Morgan fingerprint density at radius 3 is 1.86 bits per heavy atom. The van der Waals surface area contributed by atoms with Crippen LogP contribution in [0.5, 0.6) is 11.5 Å². The van der Waals surface area contributed by atoms with Crippen molar-refractivity contribution in [2.75, 3.05) is 26.4 Å². The number of carbonyl (C=O) groups excluding carboxylic acids is 2. The summed E-state index contributed by atoms with van der Waals surface area (Å²) in [4.78, 5) is 23.9. The SMILES string of the molecule is CCCC(CC)C(=O)OCCCCCCOc1ccc(-c2ccc(OCCOC(=O)/C=C/c3ccccc3)cc2)cc1. The maximum atomic E-state index is 12.0. The van der Waals surface area contributed by atoms with Gasteiger partial charge in [-0.2, -0.15) is 0 Å². The number of hydrogen-bond acceptors (Lipinski definition) is 6. The summed E-state index contributed by atoms with van der Waals surface area (Å²) >= 11 is 0. The number of esters is 2. The van der Waals surface area contributed by atoms with E-state index in [0.717, 1.165) is 73.1 Å². The van der Waals surface area contributed by atoms with E-state index in [1.807, 2.05) is 85.8 Å². The van der Waals surface area contributed by atoms with E-state index in [9.17, 15) is 9.59 Å². The van der Waals surface area contributed by atoms with Crippen molar-refractivity contribution in [3.63, 3.8) is 0 Å². The highest BCUT2D eigenvalue weighted by molar-refractivity contribution is 5.87. The first-order valence-electron chi connectivity index (χ1n) is 15.1. The fourth-order valence-electron chi connectivity index (χ4n) is 4.44. The zero-order valence-corrected chi connectivity index (χ0v) is 25.0. The number of unbranched alkanes of at least 4 members (excludes halogenated alkanes) is 3. The summed E-state index contributed by atoms with van der Waals surface area (Å²) in [5, 5.41) is 0. The molecule has 42 heavy (non-hydrogen) atoms. The smallest absolute Gasteiger partial charge is 0.330 e. The lowest BCUT2D eigenvalue weighted by Crippen LogP contribution is -2.17. The average molecular weight is 573 g/mol. The molecule has 224 valence electrons. The minimum Gasteiger partial charge on any atom is -0.494 e. The number of hydrogen-bond donors (Lipinski definition) is 0. The number of rotatable bonds is 19. The fourth-order valence-corrected chi connectivity index (χ4v) is 4.44. The molecule has 1 unspecified atom stereocenters. The van der Waals surface area contributed by atoms with Crippen LogP contribution in [0.2, 0.25) is 0 Å². The molecule has 0 heterocycles. The topological polar surface area (TPSA) is 71.1 Å². The minimum atomic E-state index is -0.396. The minimum absolute atomic E-state index is 0.0430. The van der Waals surface area contributed by atoms with E-state index >= 15 is 0 Å². The molecule has 0 spiro atoms. The molecule has 0 N–H and O–H groups in total. The van der Waals surface area contributed by atoms with Gasteiger partial charge < -0.3 is 18.9 Å². The van der Waals surface area contributed by atoms with Crippen molar-refractivity contribution in [3.8, 4) is 22.6 Å². The Labute approximate surface area is 250 Å². The molecular weight excluding hydrogens is 528 g/mol. The van der Waals surface area contributed by atoms with Crippen LogP contribution in [0.3, 0.4) is 0 Å². The lowest BCUT2D eigenvalue weighted by atomic mass is 10.0. The molecule has 0 saturated carbocycles. The molecule has 3 aromatic carbocycles. The molecule has 0 fully saturated rings. The van der Waals surface area contributed by atoms with Crippen molar-refractivity contribution in [2.45, 2.75) is 58.8 Å². The van der Waals surface area contributed by atoms with E-state index in [2.05, 4.69) is 6.92 Å². The Kier molecular flexibility index (Phi) is 14.8. The summed E-state index contributed by atoms with van der Waals surface area (Å²) < 4.78 is 22.2. The summed E-state index contributed by atoms with van der Waals surface area (Å²) in [7, 11) is 0. The Bertz CT molecular complexity index is 1200. The van der Waals surface area contributed by atoms with Crippen LogP contribution < -0.4 is 9.47 Å². The van der Waals surface area contributed by atoms with E-state index in [0.29, 0.717) is 13.2 Å². The Morgan fingerprint density at radius 2 is 1.26 bits per heavy atom. The molecule has 1 atom stereocenters. The molecule has 0 aliphatic heterocycles. The first-order valence-corrected chi connectivity index (χ1v) is 15.1. The van der Waals surface area contributed by atoms with Gasteiger partial charge in [-0.25, -0.2) is 4.79 Å². The predicted octanol–water partition coefficient (Wildman–Crippen LogP) is 8.30. The van der Waals surface area contributed by atoms with Crippen molar-refractivity contribution in [3.05, 3.63) is 90.5 Å². The van der Waals surface area contributed by atoms with Crippen LogP contribution in [0.4, 0.5) is 0 Å². The van der Waals surface area contributed by atoms with Crippen LogP contribution in [-0.4, -0.2) is 38.4 Å². The highest BCUT2D eigenvalue weighted by atomic mass is 16.6. The first-order chi connectivity index (χ1) is 20.6. The second kappa shape index (κ2) is 19.1. The Balaban J connectivity index is 1.27. The summed E-state index contributed by atoms with van der Waals surface area (Å²) in [6, 6.07) is 25.5. The van der Waals surface area contributed by atoms with Gasteiger partial charge in [0.05, 0.1) is 19.1 Å². The van der Waals surface area contributed by atoms with Gasteiger partial charge in [-0.15, -0.1) is 0 Å². The maximum Gasteiger partial charge on any atom is 0.330 e. The quantitative estimate of drug-likeness (QED) is 0.0817. The van der Waals surface area contributed by atoms with Gasteiger partial charge in [0.15, 0.2) is 0 Å². The highest BCUT2D eigenvalue weighted by Gasteiger charge is 2.16. The highest BCUT2D eigenvalue weighted by Crippen LogP contribution is 2.25. The predicted molar refractivity (Wildman–Crippen MR) is 167 cm³/mol. The normalized spacial score (nSPS) is 11.7. The van der Waals surface area contributed by atoms with Gasteiger partial charge >= 0.3 is 11.9 Å². The van der Waals surface area contributed by atoms with Crippen LogP contribution in [0, 0.1) is 5.92 Å². The van der Waals surface area contributed by atoms with Gasteiger partial charge in [-0.1, -0.05) is 74.9 Å². The van der Waals surface area contributed by atoms with Gasteiger partial charge in [0.2, 0.25) is 0 Å². The van der Waals surface area contributed by atoms with Gasteiger partial charge in [-0.05, 0) is 85.6 Å². The van der Waals surface area contributed by atoms with Crippen LogP contribution in [0.1, 0.15) is 64.4 Å². The summed E-state index contributed by atoms with van der Waals surface area (Å²) in [5.41, 5.74) is 3.11. The average Bonchev–Trinajstić information content (AvgIpc) is 3.03. The monoisotopic (exact) mass is 572 g/mol. The molecule has 6 nitrogen and oxygen atoms in total. The van der Waals surface area contributed by atoms with E-state index in [1.165, 1.54) is 6.08 Å². The van der Waals surface area contributed by atoms with Crippen LogP contribution in [-0.2, 0) is 19.1 Å². The molecule has 0 saturated heterocycles. The zero-order chi connectivity index (χ0) is 29.8. The van der Waals surface area contributed by atoms with E-state index in [1.54, 1.807) is 6.08 Å². The summed E-state index contributed by atoms with van der Waals surface area (Å²) in [6.07, 6.45) is 9.84. The van der Waals surface area contributed by atoms with Crippen molar-refractivity contribution >= 4 is 18.0 Å². The van der Waals surface area contributed by atoms with Gasteiger partial charge in [-0.3, -0.25) is 4.79 Å². The van der Waals surface area contributed by atoms with Crippen LogP contribution in [0.15, 0.2) is 84.9 Å². The summed E-state index contributed by atoms with van der Waals surface area (Å²) in [6.45, 7) is 5.77. The standard InChI is InChI=1S/C36H44O6/c1-3-12-30(4-2)36(38)42-26-11-6-5-10-25-39-33-20-16-31(17-21-33)32-18-22-34(23-19-32)40-27-28-41-35(37)24-15-29-13-8-7-9-14-29/h7-9,13-24,30H,3-6,10-12,25-28H2,1-2H3/b24-15+. The molecule has 0 aliphatic carbocycles. The van der Waals surface area contributed by atoms with Gasteiger partial charge in [0, 0.05) is 6.08 Å².